The molecular formula is C22H22ClN3O7. The number of amides is 2. The van der Waals surface area contributed by atoms with Gasteiger partial charge in [-0.05, 0) is 42.8 Å². The van der Waals surface area contributed by atoms with Crippen LogP contribution < -0.4 is 20.5 Å². The Morgan fingerprint density at radius 3 is 2.70 bits per heavy atom. The molecule has 4 N–H and O–H groups in total. The van der Waals surface area contributed by atoms with Crippen molar-refractivity contribution in [2.75, 3.05) is 19.0 Å². The fraction of sp³-hybridized carbons (Fsp3) is 0.273. The number of carboxylic acid groups (broad SMARTS) is 1. The van der Waals surface area contributed by atoms with E-state index in [0.717, 1.165) is 0 Å². The lowest BCUT2D eigenvalue weighted by Crippen LogP contribution is -2.45. The van der Waals surface area contributed by atoms with E-state index < -0.39 is 29.8 Å². The molecule has 1 heterocycles. The van der Waals surface area contributed by atoms with Crippen molar-refractivity contribution in [1.82, 2.24) is 0 Å². The highest BCUT2D eigenvalue weighted by molar-refractivity contribution is 6.31. The molecule has 2 aromatic carbocycles. The minimum atomic E-state index is -1.76. The number of halogens is 1. The number of carbonyl (C=O) groups excluding carboxylic acids is 2. The molecule has 0 radical (unpaired) electrons. The second kappa shape index (κ2) is 9.78. The van der Waals surface area contributed by atoms with Crippen LogP contribution in [-0.4, -0.2) is 47.9 Å². The van der Waals surface area contributed by atoms with Crippen LogP contribution in [0.3, 0.4) is 0 Å². The first-order valence-electron chi connectivity index (χ1n) is 9.78. The number of nitrogens with zero attached hydrogens (tertiary/aromatic N) is 1. The fourth-order valence-electron chi connectivity index (χ4n) is 3.27. The minimum Gasteiger partial charge on any atom is -0.493 e. The predicted octanol–water partition coefficient (Wildman–Crippen LogP) is 2.50. The van der Waals surface area contributed by atoms with Gasteiger partial charge in [-0.2, -0.15) is 0 Å². The maximum Gasteiger partial charge on any atom is 0.308 e. The van der Waals surface area contributed by atoms with E-state index >= 15 is 0 Å². The smallest absolute Gasteiger partial charge is 0.308 e. The van der Waals surface area contributed by atoms with Crippen molar-refractivity contribution in [3.05, 3.63) is 52.5 Å². The fourth-order valence-corrected chi connectivity index (χ4v) is 3.44. The van der Waals surface area contributed by atoms with E-state index in [2.05, 4.69) is 10.5 Å². The molecule has 1 aliphatic heterocycles. The number of oxime groups is 1. The largest absolute Gasteiger partial charge is 0.493 e. The van der Waals surface area contributed by atoms with E-state index in [1.807, 2.05) is 0 Å². The van der Waals surface area contributed by atoms with Crippen LogP contribution in [0.25, 0.3) is 0 Å². The number of carbonyl (C=O) groups is 3. The number of primary amides is 1. The van der Waals surface area contributed by atoms with Gasteiger partial charge >= 0.3 is 5.97 Å². The summed E-state index contributed by atoms with van der Waals surface area (Å²) in [5.74, 6) is -1.95. The zero-order chi connectivity index (χ0) is 24.2. The van der Waals surface area contributed by atoms with Gasteiger partial charge in [-0.15, -0.1) is 0 Å². The third-order valence-electron chi connectivity index (χ3n) is 5.02. The average molecular weight is 476 g/mol. The van der Waals surface area contributed by atoms with Gasteiger partial charge in [-0.1, -0.05) is 22.8 Å². The van der Waals surface area contributed by atoms with Crippen molar-refractivity contribution >= 4 is 40.8 Å². The summed E-state index contributed by atoms with van der Waals surface area (Å²) in [6.07, 6.45) is -0.711. The van der Waals surface area contributed by atoms with E-state index in [0.29, 0.717) is 33.3 Å². The number of rotatable bonds is 9. The molecule has 0 bridgehead atoms. The van der Waals surface area contributed by atoms with Crippen LogP contribution in [-0.2, 0) is 19.2 Å². The summed E-state index contributed by atoms with van der Waals surface area (Å²) < 4.78 is 10.6. The normalized spacial score (nSPS) is 17.0. The standard InChI is InChI=1S/C22H22ClN3O7/c1-12-14(23)4-3-5-15(12)25-21(30)22(10-20(28)29)9-16(26-33-22)13-6-7-17(18(8-13)31-2)32-11-19(24)27/h3-8H,9-11H2,1-2H3,(H2,24,27)(H,25,30)(H,28,29)/t22-/m0/s1. The van der Waals surface area contributed by atoms with Crippen LogP contribution in [0.5, 0.6) is 11.5 Å². The molecule has 0 saturated heterocycles. The van der Waals surface area contributed by atoms with E-state index in [-0.39, 0.29) is 18.8 Å². The molecule has 0 aromatic heterocycles. The lowest BCUT2D eigenvalue weighted by atomic mass is 9.90. The average Bonchev–Trinajstić information content (AvgIpc) is 3.20. The second-order valence-electron chi connectivity index (χ2n) is 7.36. The van der Waals surface area contributed by atoms with Gasteiger partial charge in [0, 0.05) is 22.7 Å². The van der Waals surface area contributed by atoms with E-state index in [1.54, 1.807) is 43.3 Å². The van der Waals surface area contributed by atoms with Gasteiger partial charge < -0.3 is 30.5 Å². The van der Waals surface area contributed by atoms with Gasteiger partial charge in [0.15, 0.2) is 18.1 Å². The molecule has 1 atom stereocenters. The molecule has 0 unspecified atom stereocenters. The Labute approximate surface area is 194 Å². The number of aliphatic carboxylic acids is 1. The van der Waals surface area contributed by atoms with Gasteiger partial charge in [0.25, 0.3) is 11.8 Å². The van der Waals surface area contributed by atoms with Crippen LogP contribution in [0.4, 0.5) is 5.69 Å². The number of anilines is 1. The van der Waals surface area contributed by atoms with Crippen LogP contribution in [0.2, 0.25) is 5.02 Å². The summed E-state index contributed by atoms with van der Waals surface area (Å²) >= 11 is 6.11. The Morgan fingerprint density at radius 2 is 2.03 bits per heavy atom. The number of benzene rings is 2. The summed E-state index contributed by atoms with van der Waals surface area (Å²) in [6, 6.07) is 9.74. The number of nitrogens with one attached hydrogen (secondary N) is 1. The topological polar surface area (TPSA) is 150 Å². The highest BCUT2D eigenvalue weighted by Gasteiger charge is 2.49. The highest BCUT2D eigenvalue weighted by atomic mass is 35.5. The molecule has 11 heteroatoms. The molecule has 3 rings (SSSR count). The molecule has 2 amide bonds. The predicted molar refractivity (Wildman–Crippen MR) is 120 cm³/mol. The summed E-state index contributed by atoms with van der Waals surface area (Å²) in [4.78, 5) is 41.1. The van der Waals surface area contributed by atoms with Crippen molar-refractivity contribution in [3.63, 3.8) is 0 Å². The van der Waals surface area contributed by atoms with Gasteiger partial charge in [-0.25, -0.2) is 0 Å². The monoisotopic (exact) mass is 475 g/mol. The van der Waals surface area contributed by atoms with E-state index in [1.165, 1.54) is 7.11 Å². The van der Waals surface area contributed by atoms with Crippen molar-refractivity contribution in [2.24, 2.45) is 10.9 Å². The molecule has 0 fully saturated rings. The van der Waals surface area contributed by atoms with E-state index in [4.69, 9.17) is 31.6 Å². The SMILES string of the molecule is COc1cc(C2=NO[C@@](CC(=O)O)(C(=O)Nc3cccc(Cl)c3C)C2)ccc1OCC(N)=O. The Hall–Kier alpha value is -3.79. The molecule has 0 saturated carbocycles. The van der Waals surface area contributed by atoms with E-state index in [9.17, 15) is 19.5 Å². The zero-order valence-electron chi connectivity index (χ0n) is 17.9. The Kier molecular flexibility index (Phi) is 7.07. The molecule has 1 aliphatic rings. The van der Waals surface area contributed by atoms with Crippen molar-refractivity contribution in [1.29, 1.82) is 0 Å². The minimum absolute atomic E-state index is 0.102. The lowest BCUT2D eigenvalue weighted by Gasteiger charge is -2.24. The number of carboxylic acids is 1. The second-order valence-corrected chi connectivity index (χ2v) is 7.77. The van der Waals surface area contributed by atoms with Gasteiger partial charge in [0.05, 0.1) is 19.2 Å². The number of ether oxygens (including phenoxy) is 2. The van der Waals surface area contributed by atoms with Crippen molar-refractivity contribution in [3.8, 4) is 11.5 Å². The number of hydrogen-bond donors (Lipinski definition) is 3. The van der Waals surface area contributed by atoms with Crippen LogP contribution in [0.1, 0.15) is 24.0 Å². The number of hydrogen-bond acceptors (Lipinski definition) is 7. The quantitative estimate of drug-likeness (QED) is 0.504. The first-order valence-corrected chi connectivity index (χ1v) is 10.2. The molecular weight excluding hydrogens is 454 g/mol. The molecule has 0 spiro atoms. The molecule has 0 aliphatic carbocycles. The summed E-state index contributed by atoms with van der Waals surface area (Å²) in [5, 5.41) is 16.6. The van der Waals surface area contributed by atoms with Crippen molar-refractivity contribution in [2.45, 2.75) is 25.4 Å². The molecule has 33 heavy (non-hydrogen) atoms. The third kappa shape index (κ3) is 5.35. The van der Waals surface area contributed by atoms with Gasteiger partial charge in [0.1, 0.15) is 0 Å². The first-order chi connectivity index (χ1) is 15.6. The van der Waals surface area contributed by atoms with Gasteiger partial charge in [-0.3, -0.25) is 14.4 Å². The summed E-state index contributed by atoms with van der Waals surface area (Å²) in [6.45, 7) is 1.40. The van der Waals surface area contributed by atoms with Crippen molar-refractivity contribution < 1.29 is 33.8 Å². The maximum atomic E-state index is 13.1. The number of methoxy groups -OCH3 is 1. The van der Waals surface area contributed by atoms with Crippen LogP contribution in [0.15, 0.2) is 41.6 Å². The Morgan fingerprint density at radius 1 is 1.27 bits per heavy atom. The Balaban J connectivity index is 1.85. The molecule has 10 nitrogen and oxygen atoms in total. The summed E-state index contributed by atoms with van der Waals surface area (Å²) in [7, 11) is 1.42. The summed E-state index contributed by atoms with van der Waals surface area (Å²) in [5.41, 5.74) is 5.28. The zero-order valence-corrected chi connectivity index (χ0v) is 18.6. The van der Waals surface area contributed by atoms with Crippen LogP contribution >= 0.6 is 11.6 Å². The lowest BCUT2D eigenvalue weighted by molar-refractivity contribution is -0.152. The maximum absolute atomic E-state index is 13.1. The third-order valence-corrected chi connectivity index (χ3v) is 5.43. The molecule has 174 valence electrons. The first kappa shape index (κ1) is 23.9. The van der Waals surface area contributed by atoms with Crippen LogP contribution in [0, 0.1) is 6.92 Å². The molecule has 2 aromatic rings. The number of nitrogens with two attached hydrogens (primary N) is 1. The van der Waals surface area contributed by atoms with Gasteiger partial charge in [0.2, 0.25) is 5.60 Å². The Bertz CT molecular complexity index is 1130. The highest BCUT2D eigenvalue weighted by Crippen LogP contribution is 2.35.